The second-order valence-electron chi connectivity index (χ2n) is 4.96. The first-order valence-corrected chi connectivity index (χ1v) is 7.48. The zero-order valence-electron chi connectivity index (χ0n) is 11.8. The van der Waals surface area contributed by atoms with Crippen molar-refractivity contribution in [2.24, 2.45) is 0 Å². The van der Waals surface area contributed by atoms with Crippen LogP contribution in [-0.4, -0.2) is 0 Å². The Morgan fingerprint density at radius 3 is 2.05 bits per heavy atom. The molecule has 3 aromatic rings. The highest BCUT2D eigenvalue weighted by Crippen LogP contribution is 2.23. The van der Waals surface area contributed by atoms with Crippen molar-refractivity contribution in [2.45, 2.75) is 26.7 Å². The lowest BCUT2D eigenvalue weighted by Gasteiger charge is -2.01. The van der Waals surface area contributed by atoms with E-state index in [1.807, 2.05) is 17.4 Å². The molecule has 0 amide bonds. The van der Waals surface area contributed by atoms with E-state index < -0.39 is 0 Å². The molecule has 0 aliphatic heterocycles. The maximum atomic E-state index is 2.22. The van der Waals surface area contributed by atoms with Crippen LogP contribution in [0.5, 0.6) is 0 Å². The van der Waals surface area contributed by atoms with Gasteiger partial charge < -0.3 is 0 Å². The van der Waals surface area contributed by atoms with Crippen LogP contribution in [0.15, 0.2) is 60.7 Å². The van der Waals surface area contributed by atoms with Gasteiger partial charge in [-0.05, 0) is 35.9 Å². The summed E-state index contributed by atoms with van der Waals surface area (Å²) in [5.74, 6) is 0.659. The fourth-order valence-electron chi connectivity index (χ4n) is 1.95. The third-order valence-corrected chi connectivity index (χ3v) is 4.05. The van der Waals surface area contributed by atoms with E-state index in [-0.39, 0.29) is 0 Å². The summed E-state index contributed by atoms with van der Waals surface area (Å²) in [5.41, 5.74) is 1.41. The first-order valence-electron chi connectivity index (χ1n) is 6.67. The first kappa shape index (κ1) is 13.8. The molecule has 0 saturated carbocycles. The maximum Gasteiger partial charge on any atom is 0.0345 e. The SMILES string of the molecule is CC(C)c1ccccc1.Cc1cc2ccccc2s1. The van der Waals surface area contributed by atoms with E-state index in [1.54, 1.807) is 0 Å². The van der Waals surface area contributed by atoms with Gasteiger partial charge in [-0.15, -0.1) is 11.3 Å². The number of hydrogen-bond acceptors (Lipinski definition) is 1. The molecule has 98 valence electrons. The van der Waals surface area contributed by atoms with Crippen LogP contribution < -0.4 is 0 Å². The number of rotatable bonds is 1. The van der Waals surface area contributed by atoms with Gasteiger partial charge in [0.05, 0.1) is 0 Å². The Bertz CT molecular complexity index is 587. The van der Waals surface area contributed by atoms with Crippen molar-refractivity contribution in [1.82, 2.24) is 0 Å². The van der Waals surface area contributed by atoms with Gasteiger partial charge in [-0.1, -0.05) is 62.4 Å². The van der Waals surface area contributed by atoms with Gasteiger partial charge in [-0.2, -0.15) is 0 Å². The van der Waals surface area contributed by atoms with Gasteiger partial charge in [0.1, 0.15) is 0 Å². The lowest BCUT2D eigenvalue weighted by atomic mass is 10.0. The van der Waals surface area contributed by atoms with E-state index in [0.717, 1.165) is 0 Å². The summed E-state index contributed by atoms with van der Waals surface area (Å²) >= 11 is 1.85. The second-order valence-corrected chi connectivity index (χ2v) is 6.25. The molecule has 19 heavy (non-hydrogen) atoms. The van der Waals surface area contributed by atoms with E-state index in [2.05, 4.69) is 75.4 Å². The zero-order chi connectivity index (χ0) is 13.7. The van der Waals surface area contributed by atoms with Gasteiger partial charge in [0.25, 0.3) is 0 Å². The van der Waals surface area contributed by atoms with Crippen molar-refractivity contribution in [3.63, 3.8) is 0 Å². The zero-order valence-corrected chi connectivity index (χ0v) is 12.6. The maximum absolute atomic E-state index is 2.22. The van der Waals surface area contributed by atoms with Crippen LogP contribution in [0.2, 0.25) is 0 Å². The topological polar surface area (TPSA) is 0 Å². The van der Waals surface area contributed by atoms with Crippen molar-refractivity contribution in [3.05, 3.63) is 71.1 Å². The Kier molecular flexibility index (Phi) is 4.75. The van der Waals surface area contributed by atoms with E-state index in [0.29, 0.717) is 5.92 Å². The van der Waals surface area contributed by atoms with Crippen molar-refractivity contribution < 1.29 is 0 Å². The molecule has 0 N–H and O–H groups in total. The highest BCUT2D eigenvalue weighted by Gasteiger charge is 1.94. The lowest BCUT2D eigenvalue weighted by molar-refractivity contribution is 0.867. The minimum absolute atomic E-state index is 0.659. The molecule has 0 aliphatic carbocycles. The number of aryl methyl sites for hydroxylation is 1. The average Bonchev–Trinajstić information content (AvgIpc) is 2.80. The predicted octanol–water partition coefficient (Wildman–Crippen LogP) is 6.02. The first-order chi connectivity index (χ1) is 9.16. The lowest BCUT2D eigenvalue weighted by Crippen LogP contribution is -1.83. The van der Waals surface area contributed by atoms with E-state index >= 15 is 0 Å². The summed E-state index contributed by atoms with van der Waals surface area (Å²) in [4.78, 5) is 1.39. The summed E-state index contributed by atoms with van der Waals surface area (Å²) in [5, 5.41) is 1.37. The molecule has 1 heterocycles. The number of fused-ring (bicyclic) bond motifs is 1. The molecule has 0 radical (unpaired) electrons. The molecular formula is C18H20S. The van der Waals surface area contributed by atoms with E-state index in [1.165, 1.54) is 20.5 Å². The van der Waals surface area contributed by atoms with Crippen LogP contribution >= 0.6 is 11.3 Å². The van der Waals surface area contributed by atoms with Crippen molar-refractivity contribution in [2.75, 3.05) is 0 Å². The van der Waals surface area contributed by atoms with Gasteiger partial charge in [0, 0.05) is 9.58 Å². The van der Waals surface area contributed by atoms with Gasteiger partial charge in [0.2, 0.25) is 0 Å². The predicted molar refractivity (Wildman–Crippen MR) is 87.1 cm³/mol. The van der Waals surface area contributed by atoms with Crippen LogP contribution in [0.1, 0.15) is 30.2 Å². The molecule has 0 atom stereocenters. The largest absolute Gasteiger partial charge is 0.141 e. The molecule has 0 fully saturated rings. The van der Waals surface area contributed by atoms with Crippen LogP contribution in [0.3, 0.4) is 0 Å². The molecule has 0 saturated heterocycles. The van der Waals surface area contributed by atoms with Crippen molar-refractivity contribution >= 4 is 21.4 Å². The Labute approximate surface area is 119 Å². The van der Waals surface area contributed by atoms with Crippen LogP contribution in [0.25, 0.3) is 10.1 Å². The van der Waals surface area contributed by atoms with Gasteiger partial charge in [-0.3, -0.25) is 0 Å². The van der Waals surface area contributed by atoms with E-state index in [4.69, 9.17) is 0 Å². The Morgan fingerprint density at radius 1 is 0.842 bits per heavy atom. The molecule has 0 aliphatic rings. The minimum atomic E-state index is 0.659. The summed E-state index contributed by atoms with van der Waals surface area (Å²) in [7, 11) is 0. The Morgan fingerprint density at radius 2 is 1.47 bits per heavy atom. The second kappa shape index (κ2) is 6.53. The molecule has 0 unspecified atom stereocenters. The quantitative estimate of drug-likeness (QED) is 0.506. The van der Waals surface area contributed by atoms with Crippen molar-refractivity contribution in [1.29, 1.82) is 0 Å². The fraction of sp³-hybridized carbons (Fsp3) is 0.222. The van der Waals surface area contributed by atoms with E-state index in [9.17, 15) is 0 Å². The van der Waals surface area contributed by atoms with Gasteiger partial charge in [0.15, 0.2) is 0 Å². The number of hydrogen-bond donors (Lipinski definition) is 0. The van der Waals surface area contributed by atoms with Crippen LogP contribution in [0, 0.1) is 6.92 Å². The van der Waals surface area contributed by atoms with Crippen molar-refractivity contribution in [3.8, 4) is 0 Å². The molecular weight excluding hydrogens is 248 g/mol. The van der Waals surface area contributed by atoms with Gasteiger partial charge in [-0.25, -0.2) is 0 Å². The Hall–Kier alpha value is -1.60. The highest BCUT2D eigenvalue weighted by molar-refractivity contribution is 7.19. The summed E-state index contributed by atoms with van der Waals surface area (Å²) in [6.07, 6.45) is 0. The molecule has 0 spiro atoms. The number of benzene rings is 2. The number of thiophene rings is 1. The average molecular weight is 268 g/mol. The van der Waals surface area contributed by atoms with Gasteiger partial charge >= 0.3 is 0 Å². The molecule has 3 rings (SSSR count). The molecule has 0 bridgehead atoms. The molecule has 2 aromatic carbocycles. The Balaban J connectivity index is 0.000000141. The molecule has 1 heteroatoms. The highest BCUT2D eigenvalue weighted by atomic mass is 32.1. The van der Waals surface area contributed by atoms with Crippen LogP contribution in [0.4, 0.5) is 0 Å². The monoisotopic (exact) mass is 268 g/mol. The third-order valence-electron chi connectivity index (χ3n) is 3.01. The smallest absolute Gasteiger partial charge is 0.0345 e. The molecule has 1 aromatic heterocycles. The normalized spacial score (nSPS) is 10.3. The summed E-state index contributed by atoms with van der Waals surface area (Å²) in [6, 6.07) is 21.2. The standard InChI is InChI=1S/C9H8S.C9H12/c1-7-6-8-4-2-3-5-9(8)10-7;1-8(2)9-6-4-3-5-7-9/h2-6H,1H3;3-8H,1-2H3. The molecule has 0 nitrogen and oxygen atoms in total. The third kappa shape index (κ3) is 3.93. The fourth-order valence-corrected chi connectivity index (χ4v) is 2.88. The van der Waals surface area contributed by atoms with Crippen LogP contribution in [-0.2, 0) is 0 Å². The minimum Gasteiger partial charge on any atom is -0.141 e. The summed E-state index contributed by atoms with van der Waals surface area (Å²) in [6.45, 7) is 6.55. The summed E-state index contributed by atoms with van der Waals surface area (Å²) < 4.78 is 1.39.